The zero-order valence-corrected chi connectivity index (χ0v) is 14.6. The molecule has 0 spiro atoms. The molecule has 2 atom stereocenters. The molecule has 2 aromatic carbocycles. The van der Waals surface area contributed by atoms with Gasteiger partial charge in [-0.2, -0.15) is 0 Å². The van der Waals surface area contributed by atoms with Crippen LogP contribution in [0, 0.1) is 0 Å². The van der Waals surface area contributed by atoms with Gasteiger partial charge in [0.25, 0.3) is 0 Å². The molecule has 4 rings (SSSR count). The monoisotopic (exact) mass is 336 g/mol. The standard InChI is InChI=1S/C21H24N2O2/c1-16(17-8-3-2-4-9-17)14-22-13-7-10-18(15-22)23-19-11-5-6-12-20(19)25-21(23)24/h2-6,8-9,11-12,16,18H,7,10,13-15H2,1H3/t16-,18+/m1/s1. The molecule has 1 aromatic heterocycles. The van der Waals surface area contributed by atoms with Gasteiger partial charge < -0.3 is 9.32 Å². The third kappa shape index (κ3) is 3.27. The Hall–Kier alpha value is -2.33. The van der Waals surface area contributed by atoms with Gasteiger partial charge in [-0.3, -0.25) is 4.57 Å². The average Bonchev–Trinajstić information content (AvgIpc) is 2.98. The van der Waals surface area contributed by atoms with E-state index in [2.05, 4.69) is 42.2 Å². The number of piperidine rings is 1. The minimum absolute atomic E-state index is 0.188. The van der Waals surface area contributed by atoms with Gasteiger partial charge in [0.1, 0.15) is 0 Å². The van der Waals surface area contributed by atoms with Crippen LogP contribution >= 0.6 is 0 Å². The third-order valence-corrected chi connectivity index (χ3v) is 5.27. The predicted molar refractivity (Wildman–Crippen MR) is 100 cm³/mol. The van der Waals surface area contributed by atoms with E-state index in [1.54, 1.807) is 0 Å². The van der Waals surface area contributed by atoms with Crippen molar-refractivity contribution in [1.29, 1.82) is 0 Å². The Kier molecular flexibility index (Phi) is 4.45. The lowest BCUT2D eigenvalue weighted by Crippen LogP contribution is -2.40. The molecule has 3 aromatic rings. The maximum atomic E-state index is 12.4. The van der Waals surface area contributed by atoms with Gasteiger partial charge in [-0.05, 0) is 43.0 Å². The summed E-state index contributed by atoms with van der Waals surface area (Å²) < 4.78 is 7.28. The van der Waals surface area contributed by atoms with Crippen molar-refractivity contribution < 1.29 is 4.42 Å². The van der Waals surface area contributed by atoms with E-state index in [-0.39, 0.29) is 11.8 Å². The van der Waals surface area contributed by atoms with Crippen LogP contribution < -0.4 is 5.76 Å². The highest BCUT2D eigenvalue weighted by Gasteiger charge is 2.26. The van der Waals surface area contributed by atoms with Gasteiger partial charge in [0.15, 0.2) is 5.58 Å². The fraction of sp³-hybridized carbons (Fsp3) is 0.381. The SMILES string of the molecule is C[C@H](CN1CCC[C@H](n2c(=O)oc3ccccc32)C1)c1ccccc1. The molecule has 1 aliphatic heterocycles. The lowest BCUT2D eigenvalue weighted by Gasteiger charge is -2.34. The quantitative estimate of drug-likeness (QED) is 0.722. The molecule has 4 heteroatoms. The summed E-state index contributed by atoms with van der Waals surface area (Å²) in [6.45, 7) is 5.29. The zero-order valence-electron chi connectivity index (χ0n) is 14.6. The summed E-state index contributed by atoms with van der Waals surface area (Å²) in [5, 5.41) is 0. The van der Waals surface area contributed by atoms with E-state index in [1.165, 1.54) is 5.56 Å². The first kappa shape index (κ1) is 16.2. The highest BCUT2D eigenvalue weighted by molar-refractivity contribution is 5.72. The van der Waals surface area contributed by atoms with Crippen LogP contribution in [-0.4, -0.2) is 29.1 Å². The van der Waals surface area contributed by atoms with Crippen LogP contribution in [0.2, 0.25) is 0 Å². The van der Waals surface area contributed by atoms with Crippen LogP contribution in [0.3, 0.4) is 0 Å². The Morgan fingerprint density at radius 2 is 1.88 bits per heavy atom. The number of aromatic nitrogens is 1. The Balaban J connectivity index is 1.53. The molecule has 0 amide bonds. The second-order valence-corrected chi connectivity index (χ2v) is 7.07. The molecule has 0 unspecified atom stereocenters. The van der Waals surface area contributed by atoms with Gasteiger partial charge in [-0.15, -0.1) is 0 Å². The average molecular weight is 336 g/mol. The van der Waals surface area contributed by atoms with E-state index in [0.717, 1.165) is 38.0 Å². The number of para-hydroxylation sites is 2. The van der Waals surface area contributed by atoms with E-state index < -0.39 is 0 Å². The number of rotatable bonds is 4. The van der Waals surface area contributed by atoms with E-state index in [4.69, 9.17) is 4.42 Å². The maximum Gasteiger partial charge on any atom is 0.420 e. The van der Waals surface area contributed by atoms with Crippen molar-refractivity contribution in [3.8, 4) is 0 Å². The van der Waals surface area contributed by atoms with Crippen molar-refractivity contribution >= 4 is 11.1 Å². The lowest BCUT2D eigenvalue weighted by molar-refractivity contribution is 0.168. The molecule has 0 N–H and O–H groups in total. The Labute approximate surface area is 147 Å². The van der Waals surface area contributed by atoms with Crippen LogP contribution in [-0.2, 0) is 0 Å². The summed E-state index contributed by atoms with van der Waals surface area (Å²) in [5.41, 5.74) is 2.97. The minimum Gasteiger partial charge on any atom is -0.408 e. The van der Waals surface area contributed by atoms with Crippen molar-refractivity contribution in [2.75, 3.05) is 19.6 Å². The number of nitrogens with zero attached hydrogens (tertiary/aromatic N) is 2. The van der Waals surface area contributed by atoms with E-state index in [9.17, 15) is 4.79 Å². The van der Waals surface area contributed by atoms with Crippen molar-refractivity contribution in [3.63, 3.8) is 0 Å². The largest absolute Gasteiger partial charge is 0.420 e. The molecule has 0 bridgehead atoms. The smallest absolute Gasteiger partial charge is 0.408 e. The number of hydrogen-bond donors (Lipinski definition) is 0. The fourth-order valence-corrected chi connectivity index (χ4v) is 4.01. The predicted octanol–water partition coefficient (Wildman–Crippen LogP) is 4.04. The summed E-state index contributed by atoms with van der Waals surface area (Å²) in [6.07, 6.45) is 2.14. The number of hydrogen-bond acceptors (Lipinski definition) is 3. The van der Waals surface area contributed by atoms with Crippen molar-refractivity contribution in [3.05, 3.63) is 70.7 Å². The molecule has 1 saturated heterocycles. The van der Waals surface area contributed by atoms with Gasteiger partial charge in [0, 0.05) is 13.1 Å². The summed E-state index contributed by atoms with van der Waals surface area (Å²) in [7, 11) is 0. The third-order valence-electron chi connectivity index (χ3n) is 5.27. The van der Waals surface area contributed by atoms with Crippen LogP contribution in [0.1, 0.15) is 37.3 Å². The zero-order chi connectivity index (χ0) is 17.2. The molecule has 4 nitrogen and oxygen atoms in total. The maximum absolute atomic E-state index is 12.4. The molecule has 130 valence electrons. The molecule has 1 aliphatic rings. The molecular formula is C21H24N2O2. The van der Waals surface area contributed by atoms with Gasteiger partial charge in [-0.25, -0.2) is 4.79 Å². The summed E-state index contributed by atoms with van der Waals surface area (Å²) in [6, 6.07) is 18.6. The Bertz CT molecular complexity index is 897. The Morgan fingerprint density at radius 1 is 1.12 bits per heavy atom. The van der Waals surface area contributed by atoms with Crippen LogP contribution in [0.4, 0.5) is 0 Å². The summed E-state index contributed by atoms with van der Waals surface area (Å²) >= 11 is 0. The van der Waals surface area contributed by atoms with Gasteiger partial charge in [-0.1, -0.05) is 49.4 Å². The van der Waals surface area contributed by atoms with Crippen molar-refractivity contribution in [2.45, 2.75) is 31.7 Å². The van der Waals surface area contributed by atoms with Crippen LogP contribution in [0.25, 0.3) is 11.1 Å². The van der Waals surface area contributed by atoms with Crippen LogP contribution in [0.15, 0.2) is 63.8 Å². The highest BCUT2D eigenvalue weighted by atomic mass is 16.4. The number of likely N-dealkylation sites (tertiary alicyclic amines) is 1. The highest BCUT2D eigenvalue weighted by Crippen LogP contribution is 2.26. The number of benzene rings is 2. The minimum atomic E-state index is -0.232. The van der Waals surface area contributed by atoms with E-state index in [1.807, 2.05) is 28.8 Å². The molecule has 2 heterocycles. The van der Waals surface area contributed by atoms with E-state index >= 15 is 0 Å². The molecule has 1 fully saturated rings. The molecular weight excluding hydrogens is 312 g/mol. The Morgan fingerprint density at radius 3 is 2.72 bits per heavy atom. The molecule has 0 radical (unpaired) electrons. The van der Waals surface area contributed by atoms with Gasteiger partial charge >= 0.3 is 5.76 Å². The normalized spacial score (nSPS) is 20.0. The second-order valence-electron chi connectivity index (χ2n) is 7.07. The van der Waals surface area contributed by atoms with E-state index in [0.29, 0.717) is 11.5 Å². The number of oxazole rings is 1. The first-order valence-electron chi connectivity index (χ1n) is 9.10. The van der Waals surface area contributed by atoms with Crippen molar-refractivity contribution in [1.82, 2.24) is 9.47 Å². The first-order valence-corrected chi connectivity index (χ1v) is 9.10. The summed E-state index contributed by atoms with van der Waals surface area (Å²) in [4.78, 5) is 14.9. The molecule has 25 heavy (non-hydrogen) atoms. The van der Waals surface area contributed by atoms with Crippen LogP contribution in [0.5, 0.6) is 0 Å². The molecule has 0 aliphatic carbocycles. The lowest BCUT2D eigenvalue weighted by atomic mass is 9.98. The van der Waals surface area contributed by atoms with Gasteiger partial charge in [0.05, 0.1) is 11.6 Å². The first-order chi connectivity index (χ1) is 12.2. The fourth-order valence-electron chi connectivity index (χ4n) is 4.01. The van der Waals surface area contributed by atoms with Crippen molar-refractivity contribution in [2.24, 2.45) is 0 Å². The number of fused-ring (bicyclic) bond motifs is 1. The molecule has 0 saturated carbocycles. The second kappa shape index (κ2) is 6.89. The topological polar surface area (TPSA) is 38.4 Å². The van der Waals surface area contributed by atoms with Gasteiger partial charge in [0.2, 0.25) is 0 Å². The summed E-state index contributed by atoms with van der Waals surface area (Å²) in [5.74, 6) is 0.252.